The fourth-order valence-electron chi connectivity index (χ4n) is 4.28. The van der Waals surface area contributed by atoms with Crippen LogP contribution in [-0.2, 0) is 9.62 Å². The van der Waals surface area contributed by atoms with Crippen LogP contribution in [-0.4, -0.2) is 64.5 Å². The Bertz CT molecular complexity index is 1030. The zero-order chi connectivity index (χ0) is 22.9. The summed E-state index contributed by atoms with van der Waals surface area (Å²) in [6, 6.07) is 10.2. The largest absolute Gasteiger partial charge is 0.444 e. The third kappa shape index (κ3) is 4.88. The van der Waals surface area contributed by atoms with Crippen LogP contribution in [0.1, 0.15) is 49.2 Å². The van der Waals surface area contributed by atoms with Crippen LogP contribution in [0.25, 0.3) is 11.6 Å². The minimum absolute atomic E-state index is 0.0681. The van der Waals surface area contributed by atoms with E-state index in [9.17, 15) is 10.1 Å². The van der Waals surface area contributed by atoms with E-state index in [1.165, 1.54) is 0 Å². The number of ether oxygens (including phenoxy) is 1. The lowest BCUT2D eigenvalue weighted by atomic mass is 9.95. The highest BCUT2D eigenvalue weighted by Crippen LogP contribution is 2.40. The number of hydrogen-bond donors (Lipinski definition) is 1. The molecule has 2 heterocycles. The second-order valence-corrected chi connectivity index (χ2v) is 9.98. The molecule has 1 aliphatic carbocycles. The van der Waals surface area contributed by atoms with Crippen LogP contribution >= 0.6 is 15.9 Å². The number of benzene rings is 1. The van der Waals surface area contributed by atoms with Gasteiger partial charge in [0.25, 0.3) is 0 Å². The average Bonchev–Trinajstić information content (AvgIpc) is 2.87. The molecule has 170 valence electrons. The van der Waals surface area contributed by atoms with E-state index in [1.54, 1.807) is 11.1 Å². The number of fused-ring (bicyclic) bond motifs is 2. The first-order valence-corrected chi connectivity index (χ1v) is 11.5. The zero-order valence-electron chi connectivity index (χ0n) is 18.5. The monoisotopic (exact) mass is 501 g/mol. The van der Waals surface area contributed by atoms with Gasteiger partial charge in [0.05, 0.1) is 11.7 Å². The maximum absolute atomic E-state index is 12.5. The molecule has 2 aromatic rings. The molecule has 32 heavy (non-hydrogen) atoms. The first kappa shape index (κ1) is 22.9. The van der Waals surface area contributed by atoms with Gasteiger partial charge in [0.2, 0.25) is 0 Å². The van der Waals surface area contributed by atoms with Crippen LogP contribution in [0, 0.1) is 0 Å². The van der Waals surface area contributed by atoms with Crippen LogP contribution in [0.3, 0.4) is 0 Å². The Kier molecular flexibility index (Phi) is 6.67. The van der Waals surface area contributed by atoms with Crippen molar-refractivity contribution in [3.63, 3.8) is 0 Å². The van der Waals surface area contributed by atoms with Crippen LogP contribution in [0.4, 0.5) is 4.79 Å². The molecule has 0 spiro atoms. The number of carbonyl (C=O) groups is 1. The predicted molar refractivity (Wildman–Crippen MR) is 126 cm³/mol. The van der Waals surface area contributed by atoms with Crippen molar-refractivity contribution in [2.45, 2.75) is 32.4 Å². The summed E-state index contributed by atoms with van der Waals surface area (Å²) in [4.78, 5) is 26.0. The molecule has 0 bridgehead atoms. The number of pyridine rings is 1. The van der Waals surface area contributed by atoms with E-state index >= 15 is 0 Å². The molecule has 1 amide bonds. The average molecular weight is 502 g/mol. The minimum atomic E-state index is -0.512. The fourth-order valence-corrected chi connectivity index (χ4v) is 4.61. The van der Waals surface area contributed by atoms with E-state index in [1.807, 2.05) is 39.0 Å². The number of amides is 1. The standard InChI is InChI=1S/C24H28BrN3O4/c1-24(2,3)32-23(29)28-10-8-27(9-11-28)22-19-7-5-4-6-16(19)12-17(15-31-30)20-13-18(25)14-26-21(20)22/h4-7,12-14,22,30H,8-11,15H2,1-3H3. The zero-order valence-corrected chi connectivity index (χ0v) is 20.1. The van der Waals surface area contributed by atoms with Gasteiger partial charge in [-0.25, -0.2) is 9.68 Å². The molecule has 1 fully saturated rings. The maximum atomic E-state index is 12.5. The minimum Gasteiger partial charge on any atom is -0.444 e. The first-order valence-electron chi connectivity index (χ1n) is 10.7. The lowest BCUT2D eigenvalue weighted by molar-refractivity contribution is -0.229. The number of carbonyl (C=O) groups excluding carboxylic acids is 1. The number of nitrogens with zero attached hydrogens (tertiary/aromatic N) is 3. The quantitative estimate of drug-likeness (QED) is 0.479. The fraction of sp³-hybridized carbons (Fsp3) is 0.417. The van der Waals surface area contributed by atoms with E-state index in [-0.39, 0.29) is 18.7 Å². The summed E-state index contributed by atoms with van der Waals surface area (Å²) in [5.74, 6) is 0. The number of aromatic nitrogens is 1. The lowest BCUT2D eigenvalue weighted by Gasteiger charge is -2.40. The maximum Gasteiger partial charge on any atom is 0.410 e. The first-order chi connectivity index (χ1) is 15.3. The van der Waals surface area contributed by atoms with Gasteiger partial charge < -0.3 is 9.64 Å². The summed E-state index contributed by atoms with van der Waals surface area (Å²) in [5.41, 5.74) is 4.40. The number of hydrogen-bond acceptors (Lipinski definition) is 6. The molecule has 1 unspecified atom stereocenters. The number of piperazine rings is 1. The number of halogens is 1. The summed E-state index contributed by atoms with van der Waals surface area (Å²) in [7, 11) is 0. The predicted octanol–water partition coefficient (Wildman–Crippen LogP) is 4.83. The van der Waals surface area contributed by atoms with Gasteiger partial charge in [-0.3, -0.25) is 15.1 Å². The molecular formula is C24H28BrN3O4. The Labute approximate surface area is 196 Å². The number of rotatable bonds is 3. The van der Waals surface area contributed by atoms with Crippen molar-refractivity contribution in [1.29, 1.82) is 0 Å². The highest BCUT2D eigenvalue weighted by Gasteiger charge is 2.34. The van der Waals surface area contributed by atoms with Crippen molar-refractivity contribution in [2.75, 3.05) is 32.8 Å². The Hall–Kier alpha value is -2.26. The van der Waals surface area contributed by atoms with Crippen LogP contribution in [0.15, 0.2) is 41.0 Å². The smallest absolute Gasteiger partial charge is 0.410 e. The van der Waals surface area contributed by atoms with Crippen molar-refractivity contribution < 1.29 is 19.7 Å². The van der Waals surface area contributed by atoms with E-state index in [0.29, 0.717) is 26.2 Å². The van der Waals surface area contributed by atoms with E-state index in [0.717, 1.165) is 32.4 Å². The SMILES string of the molecule is CC(C)(C)OC(=O)N1CCN(C2c3ccccc3C=C(COO)c3cc(Br)cnc32)CC1. The van der Waals surface area contributed by atoms with Gasteiger partial charge in [0.15, 0.2) is 0 Å². The highest BCUT2D eigenvalue weighted by molar-refractivity contribution is 9.10. The Morgan fingerprint density at radius 2 is 1.94 bits per heavy atom. The van der Waals surface area contributed by atoms with Crippen LogP contribution in [0.5, 0.6) is 0 Å². The second kappa shape index (κ2) is 9.31. The molecule has 4 rings (SSSR count). The molecule has 2 aliphatic rings. The third-order valence-electron chi connectivity index (χ3n) is 5.66. The molecule has 8 heteroatoms. The van der Waals surface area contributed by atoms with Gasteiger partial charge in [0.1, 0.15) is 12.2 Å². The molecule has 1 N–H and O–H groups in total. The lowest BCUT2D eigenvalue weighted by Crippen LogP contribution is -2.51. The normalized spacial score (nSPS) is 19.0. The Morgan fingerprint density at radius 3 is 2.62 bits per heavy atom. The Balaban J connectivity index is 1.67. The van der Waals surface area contributed by atoms with Gasteiger partial charge in [-0.05, 0) is 65.5 Å². The molecule has 1 aromatic carbocycles. The van der Waals surface area contributed by atoms with Gasteiger partial charge in [0, 0.05) is 42.4 Å². The topological polar surface area (TPSA) is 75.1 Å². The molecule has 0 saturated carbocycles. The Morgan fingerprint density at radius 1 is 1.22 bits per heavy atom. The molecule has 1 aliphatic heterocycles. The third-order valence-corrected chi connectivity index (χ3v) is 6.10. The summed E-state index contributed by atoms with van der Waals surface area (Å²) >= 11 is 3.53. The molecule has 1 atom stereocenters. The molecular weight excluding hydrogens is 474 g/mol. The van der Waals surface area contributed by atoms with Crippen molar-refractivity contribution in [1.82, 2.24) is 14.8 Å². The van der Waals surface area contributed by atoms with Crippen molar-refractivity contribution in [2.24, 2.45) is 0 Å². The van der Waals surface area contributed by atoms with Crippen LogP contribution in [0.2, 0.25) is 0 Å². The summed E-state index contributed by atoms with van der Waals surface area (Å²) in [6.07, 6.45) is 3.58. The van der Waals surface area contributed by atoms with Gasteiger partial charge in [-0.15, -0.1) is 0 Å². The van der Waals surface area contributed by atoms with E-state index in [2.05, 4.69) is 43.9 Å². The van der Waals surface area contributed by atoms with Crippen molar-refractivity contribution in [3.8, 4) is 0 Å². The van der Waals surface area contributed by atoms with E-state index < -0.39 is 5.60 Å². The van der Waals surface area contributed by atoms with E-state index in [4.69, 9.17) is 9.72 Å². The molecule has 1 saturated heterocycles. The highest BCUT2D eigenvalue weighted by atomic mass is 79.9. The summed E-state index contributed by atoms with van der Waals surface area (Å²) in [6.45, 7) is 8.27. The van der Waals surface area contributed by atoms with Gasteiger partial charge in [-0.1, -0.05) is 24.3 Å². The molecule has 1 aromatic heterocycles. The van der Waals surface area contributed by atoms with Crippen molar-refractivity contribution in [3.05, 3.63) is 63.4 Å². The summed E-state index contributed by atoms with van der Waals surface area (Å²) < 4.78 is 6.41. The molecule has 7 nitrogen and oxygen atoms in total. The second-order valence-electron chi connectivity index (χ2n) is 9.06. The van der Waals surface area contributed by atoms with Gasteiger partial charge >= 0.3 is 6.09 Å². The molecule has 0 radical (unpaired) electrons. The van der Waals surface area contributed by atoms with Gasteiger partial charge in [-0.2, -0.15) is 0 Å². The van der Waals surface area contributed by atoms with Crippen molar-refractivity contribution >= 4 is 33.7 Å². The van der Waals surface area contributed by atoms with Crippen LogP contribution < -0.4 is 0 Å². The summed E-state index contributed by atoms with van der Waals surface area (Å²) in [5, 5.41) is 9.20.